The summed E-state index contributed by atoms with van der Waals surface area (Å²) in [5, 5.41) is 0. The molecule has 0 aliphatic rings. The molecule has 0 unspecified atom stereocenters. The number of rotatable bonds is 2. The minimum atomic E-state index is -1.96. The van der Waals surface area contributed by atoms with Gasteiger partial charge in [-0.15, -0.1) is 0 Å². The Bertz CT molecular complexity index is 221. The van der Waals surface area contributed by atoms with Crippen LogP contribution in [0.5, 0.6) is 5.75 Å². The zero-order chi connectivity index (χ0) is 8.32. The van der Waals surface area contributed by atoms with Crippen molar-refractivity contribution in [2.45, 2.75) is 0 Å². The predicted molar refractivity (Wildman–Crippen MR) is 59.6 cm³/mol. The van der Waals surface area contributed by atoms with Crippen LogP contribution in [0.1, 0.15) is 0 Å². The average Bonchev–Trinajstić information content (AvgIpc) is 1.85. The van der Waals surface area contributed by atoms with Gasteiger partial charge in [-0.1, -0.05) is 64.1 Å². The van der Waals surface area contributed by atoms with Crippen LogP contribution < -0.4 is 4.43 Å². The van der Waals surface area contributed by atoms with Crippen molar-refractivity contribution in [1.82, 2.24) is 0 Å². The topological polar surface area (TPSA) is 9.23 Å². The molecule has 0 aliphatic heterocycles. The van der Waals surface area contributed by atoms with Crippen molar-refractivity contribution in [3.8, 4) is 5.75 Å². The molecule has 0 aromatic heterocycles. The second-order valence-corrected chi connectivity index (χ2v) is 22.6. The maximum Gasteiger partial charge on any atom is 0.467 e. The first-order chi connectivity index (χ1) is 5.08. The van der Waals surface area contributed by atoms with Gasteiger partial charge in [-0.2, -0.15) is 0 Å². The molecule has 1 rings (SSSR count). The molecule has 0 heterocycles. The monoisotopic (exact) mass is 358 g/mol. The highest BCUT2D eigenvalue weighted by Gasteiger charge is 2.26. The van der Waals surface area contributed by atoms with Gasteiger partial charge in [-0.3, -0.25) is 0 Å². The van der Waals surface area contributed by atoms with Crippen molar-refractivity contribution in [3.63, 3.8) is 0 Å². The van der Waals surface area contributed by atoms with E-state index >= 15 is 0 Å². The molecular formula is C6H5Br3OSi. The summed E-state index contributed by atoms with van der Waals surface area (Å²) in [6, 6.07) is 9.63. The fourth-order valence-corrected chi connectivity index (χ4v) is 2.71. The Balaban J connectivity index is 2.66. The van der Waals surface area contributed by atoms with Crippen LogP contribution in [0.15, 0.2) is 30.3 Å². The lowest BCUT2D eigenvalue weighted by Crippen LogP contribution is -2.17. The highest BCUT2D eigenvalue weighted by molar-refractivity contribution is 9.71. The quantitative estimate of drug-likeness (QED) is 0.577. The van der Waals surface area contributed by atoms with E-state index in [-0.39, 0.29) is 0 Å². The molecule has 60 valence electrons. The highest BCUT2D eigenvalue weighted by Crippen LogP contribution is 2.30. The van der Waals surface area contributed by atoms with E-state index in [9.17, 15) is 0 Å². The van der Waals surface area contributed by atoms with Gasteiger partial charge < -0.3 is 4.43 Å². The van der Waals surface area contributed by atoms with Gasteiger partial charge in [0.2, 0.25) is 0 Å². The van der Waals surface area contributed by atoms with Crippen molar-refractivity contribution < 1.29 is 4.43 Å². The van der Waals surface area contributed by atoms with Crippen LogP contribution >= 0.6 is 45.9 Å². The number of benzene rings is 1. The Hall–Kier alpha value is 0.677. The van der Waals surface area contributed by atoms with Crippen molar-refractivity contribution in [2.24, 2.45) is 0 Å². The minimum Gasteiger partial charge on any atom is -0.517 e. The number of halogens is 3. The number of hydrogen-bond acceptors (Lipinski definition) is 1. The standard InChI is InChI=1S/C6H5Br3OSi/c7-11(8,9)10-6-4-2-1-3-5-6/h1-5H. The van der Waals surface area contributed by atoms with E-state index < -0.39 is 4.18 Å². The van der Waals surface area contributed by atoms with Gasteiger partial charge in [0.15, 0.2) is 0 Å². The van der Waals surface area contributed by atoms with Gasteiger partial charge in [0.1, 0.15) is 5.75 Å². The Morgan fingerprint density at radius 1 is 1.00 bits per heavy atom. The third-order valence-electron chi connectivity index (χ3n) is 0.977. The maximum atomic E-state index is 5.49. The molecule has 1 aromatic carbocycles. The zero-order valence-corrected chi connectivity index (χ0v) is 11.2. The normalized spacial score (nSPS) is 11.2. The highest BCUT2D eigenvalue weighted by atomic mass is 80.0. The fourth-order valence-electron chi connectivity index (χ4n) is 0.622. The molecule has 0 saturated heterocycles. The Morgan fingerprint density at radius 2 is 1.55 bits per heavy atom. The molecule has 0 radical (unpaired) electrons. The first-order valence-electron chi connectivity index (χ1n) is 2.89. The SMILES string of the molecule is Br[Si](Br)(Br)Oc1ccccc1. The Kier molecular flexibility index (Phi) is 3.61. The molecule has 1 nitrogen and oxygen atoms in total. The fraction of sp³-hybridized carbons (Fsp3) is 0. The molecular weight excluding hydrogens is 356 g/mol. The van der Waals surface area contributed by atoms with Crippen LogP contribution in [0.2, 0.25) is 0 Å². The Morgan fingerprint density at radius 3 is 2.00 bits per heavy atom. The van der Waals surface area contributed by atoms with Crippen molar-refractivity contribution in [2.75, 3.05) is 0 Å². The second kappa shape index (κ2) is 4.07. The molecule has 5 heteroatoms. The van der Waals surface area contributed by atoms with Gasteiger partial charge in [0, 0.05) is 0 Å². The molecule has 0 fully saturated rings. The molecule has 0 bridgehead atoms. The summed E-state index contributed by atoms with van der Waals surface area (Å²) in [4.78, 5) is 0. The van der Waals surface area contributed by atoms with Crippen LogP contribution in [0.25, 0.3) is 0 Å². The van der Waals surface area contributed by atoms with E-state index in [2.05, 4.69) is 45.9 Å². The molecule has 0 saturated carbocycles. The van der Waals surface area contributed by atoms with E-state index in [1.54, 1.807) is 0 Å². The van der Waals surface area contributed by atoms with Crippen LogP contribution in [-0.4, -0.2) is 4.18 Å². The zero-order valence-electron chi connectivity index (χ0n) is 5.43. The molecule has 11 heavy (non-hydrogen) atoms. The van der Waals surface area contributed by atoms with Crippen LogP contribution in [0, 0.1) is 0 Å². The maximum absolute atomic E-state index is 5.49. The third-order valence-corrected chi connectivity index (χ3v) is 2.90. The first kappa shape index (κ1) is 9.76. The summed E-state index contributed by atoms with van der Waals surface area (Å²) in [7, 11) is 0. The minimum absolute atomic E-state index is 0.852. The van der Waals surface area contributed by atoms with E-state index in [1.165, 1.54) is 0 Å². The van der Waals surface area contributed by atoms with Crippen molar-refractivity contribution in [3.05, 3.63) is 30.3 Å². The molecule has 1 aromatic rings. The lowest BCUT2D eigenvalue weighted by atomic mass is 10.3. The third kappa shape index (κ3) is 4.30. The number of hydrogen-bond donors (Lipinski definition) is 0. The van der Waals surface area contributed by atoms with E-state index in [1.807, 2.05) is 30.3 Å². The smallest absolute Gasteiger partial charge is 0.467 e. The summed E-state index contributed by atoms with van der Waals surface area (Å²) in [6.07, 6.45) is 0. The predicted octanol–water partition coefficient (Wildman–Crippen LogP) is 3.69. The van der Waals surface area contributed by atoms with E-state index in [4.69, 9.17) is 4.43 Å². The molecule has 0 aliphatic carbocycles. The summed E-state index contributed by atoms with van der Waals surface area (Å²) in [5.74, 6) is 0.852. The van der Waals surface area contributed by atoms with Crippen LogP contribution in [-0.2, 0) is 0 Å². The van der Waals surface area contributed by atoms with Gasteiger partial charge in [0.05, 0.1) is 0 Å². The van der Waals surface area contributed by atoms with E-state index in [0.717, 1.165) is 5.75 Å². The average molecular weight is 361 g/mol. The first-order valence-corrected chi connectivity index (χ1v) is 11.6. The second-order valence-electron chi connectivity index (χ2n) is 1.86. The van der Waals surface area contributed by atoms with Crippen LogP contribution in [0.4, 0.5) is 0 Å². The lowest BCUT2D eigenvalue weighted by Gasteiger charge is -2.11. The summed E-state index contributed by atoms with van der Waals surface area (Å²) in [5.41, 5.74) is 0. The Labute approximate surface area is 90.0 Å². The molecule has 0 N–H and O–H groups in total. The van der Waals surface area contributed by atoms with Gasteiger partial charge in [-0.25, -0.2) is 0 Å². The molecule has 0 spiro atoms. The lowest BCUT2D eigenvalue weighted by molar-refractivity contribution is 0.604. The summed E-state index contributed by atoms with van der Waals surface area (Å²) < 4.78 is 3.53. The molecule has 0 amide bonds. The summed E-state index contributed by atoms with van der Waals surface area (Å²) in [6.45, 7) is 0. The largest absolute Gasteiger partial charge is 0.517 e. The van der Waals surface area contributed by atoms with Gasteiger partial charge in [0.25, 0.3) is 0 Å². The molecule has 0 atom stereocenters. The van der Waals surface area contributed by atoms with Crippen molar-refractivity contribution in [1.29, 1.82) is 0 Å². The van der Waals surface area contributed by atoms with Crippen LogP contribution in [0.3, 0.4) is 0 Å². The number of para-hydroxylation sites is 1. The summed E-state index contributed by atoms with van der Waals surface area (Å²) >= 11 is 10.1. The van der Waals surface area contributed by atoms with Gasteiger partial charge >= 0.3 is 4.18 Å². The van der Waals surface area contributed by atoms with Crippen molar-refractivity contribution >= 4 is 50.1 Å². The van der Waals surface area contributed by atoms with Gasteiger partial charge in [-0.05, 0) is 12.1 Å². The van der Waals surface area contributed by atoms with E-state index in [0.29, 0.717) is 0 Å².